The van der Waals surface area contributed by atoms with E-state index in [4.69, 9.17) is 4.99 Å². The van der Waals surface area contributed by atoms with Gasteiger partial charge in [-0.15, -0.1) is 35.3 Å². The molecule has 27 heavy (non-hydrogen) atoms. The lowest BCUT2D eigenvalue weighted by Crippen LogP contribution is -2.36. The quantitative estimate of drug-likeness (QED) is 0.341. The van der Waals surface area contributed by atoms with Crippen LogP contribution in [0.25, 0.3) is 0 Å². The summed E-state index contributed by atoms with van der Waals surface area (Å²) < 4.78 is 0. The van der Waals surface area contributed by atoms with E-state index in [1.165, 1.54) is 22.6 Å². The second-order valence-corrected chi connectivity index (χ2v) is 7.74. The molecule has 0 atom stereocenters. The van der Waals surface area contributed by atoms with Crippen molar-refractivity contribution in [3.05, 3.63) is 45.8 Å². The van der Waals surface area contributed by atoms with Gasteiger partial charge in [-0.05, 0) is 49.9 Å². The van der Waals surface area contributed by atoms with Crippen molar-refractivity contribution in [3.8, 4) is 0 Å². The Hall–Kier alpha value is -1.35. The van der Waals surface area contributed by atoms with Crippen molar-refractivity contribution in [1.82, 2.24) is 15.6 Å². The van der Waals surface area contributed by atoms with Crippen LogP contribution >= 0.6 is 35.3 Å². The topological polar surface area (TPSA) is 52.6 Å². The average Bonchev–Trinajstić information content (AvgIpc) is 3.36. The number of nitrogens with one attached hydrogen (secondary N) is 2. The number of aryl methyl sites for hydroxylation is 1. The fraction of sp³-hybridized carbons (Fsp3) is 0.500. The molecule has 0 spiro atoms. The number of pyridine rings is 1. The summed E-state index contributed by atoms with van der Waals surface area (Å²) in [6.07, 6.45) is 5.59. The molecule has 1 fully saturated rings. The number of hydrogen-bond donors (Lipinski definition) is 2. The van der Waals surface area contributed by atoms with Gasteiger partial charge in [-0.3, -0.25) is 0 Å². The Bertz CT molecular complexity index is 707. The Kier molecular flexibility index (Phi) is 9.33. The molecule has 3 rings (SSSR count). The second kappa shape index (κ2) is 11.5. The number of rotatable bonds is 7. The number of hydrogen-bond acceptors (Lipinski definition) is 4. The van der Waals surface area contributed by atoms with Crippen LogP contribution in [0.3, 0.4) is 0 Å². The zero-order valence-electron chi connectivity index (χ0n) is 16.2. The Morgan fingerprint density at radius 3 is 2.52 bits per heavy atom. The van der Waals surface area contributed by atoms with Gasteiger partial charge in [0.25, 0.3) is 0 Å². The molecule has 1 aliphatic rings. The number of aliphatic imine (C=N–C) groups is 1. The summed E-state index contributed by atoms with van der Waals surface area (Å²) in [5.41, 5.74) is 1.13. The second-order valence-electron chi connectivity index (χ2n) is 6.49. The Labute approximate surface area is 183 Å². The molecule has 0 aromatic carbocycles. The van der Waals surface area contributed by atoms with Crippen molar-refractivity contribution < 1.29 is 0 Å². The van der Waals surface area contributed by atoms with Crippen LogP contribution in [0.1, 0.15) is 42.0 Å². The highest BCUT2D eigenvalue weighted by atomic mass is 127. The van der Waals surface area contributed by atoms with Crippen molar-refractivity contribution in [3.63, 3.8) is 0 Å². The van der Waals surface area contributed by atoms with E-state index >= 15 is 0 Å². The molecular formula is C20H30IN5S. The van der Waals surface area contributed by atoms with Gasteiger partial charge < -0.3 is 15.5 Å². The van der Waals surface area contributed by atoms with Gasteiger partial charge in [-0.25, -0.2) is 9.98 Å². The number of thiophene rings is 1. The van der Waals surface area contributed by atoms with E-state index in [9.17, 15) is 0 Å². The third-order valence-corrected chi connectivity index (χ3v) is 5.73. The molecular weight excluding hydrogens is 469 g/mol. The molecule has 0 radical (unpaired) electrons. The van der Waals surface area contributed by atoms with E-state index in [2.05, 4.69) is 58.6 Å². The lowest BCUT2D eigenvalue weighted by Gasteiger charge is -2.16. The molecule has 1 aliphatic heterocycles. The van der Waals surface area contributed by atoms with Crippen molar-refractivity contribution in [2.45, 2.75) is 46.2 Å². The summed E-state index contributed by atoms with van der Waals surface area (Å²) in [6.45, 7) is 8.82. The predicted molar refractivity (Wildman–Crippen MR) is 126 cm³/mol. The van der Waals surface area contributed by atoms with Crippen LogP contribution in [0, 0.1) is 0 Å². The van der Waals surface area contributed by atoms with Crippen LogP contribution in [-0.4, -0.2) is 30.6 Å². The lowest BCUT2D eigenvalue weighted by molar-refractivity contribution is 0.822. The average molecular weight is 499 g/mol. The monoisotopic (exact) mass is 499 g/mol. The van der Waals surface area contributed by atoms with E-state index in [0.29, 0.717) is 6.54 Å². The molecule has 0 bridgehead atoms. The molecule has 1 saturated heterocycles. The molecule has 2 aromatic heterocycles. The summed E-state index contributed by atoms with van der Waals surface area (Å²) in [4.78, 5) is 14.4. The standard InChI is InChI=1S/C20H29N5S.HI/c1-3-17-8-9-18(26-17)15-24-20(21-4-2)23-14-16-7-10-19(22-13-16)25-11-5-6-12-25;/h7-10,13H,3-6,11-12,14-15H2,1-2H3,(H2,21,23,24);1H. The smallest absolute Gasteiger partial charge is 0.191 e. The SMILES string of the molecule is CCNC(=NCc1ccc(N2CCCC2)nc1)NCc1ccc(CC)s1.I. The zero-order valence-corrected chi connectivity index (χ0v) is 19.3. The number of nitrogens with zero attached hydrogens (tertiary/aromatic N) is 3. The maximum absolute atomic E-state index is 4.70. The molecule has 0 saturated carbocycles. The first-order valence-corrected chi connectivity index (χ1v) is 10.4. The summed E-state index contributed by atoms with van der Waals surface area (Å²) in [5.74, 6) is 1.94. The molecule has 2 N–H and O–H groups in total. The van der Waals surface area contributed by atoms with E-state index in [-0.39, 0.29) is 24.0 Å². The van der Waals surface area contributed by atoms with Gasteiger partial charge in [0.1, 0.15) is 5.82 Å². The van der Waals surface area contributed by atoms with Gasteiger partial charge in [0.15, 0.2) is 5.96 Å². The minimum Gasteiger partial charge on any atom is -0.357 e. The van der Waals surface area contributed by atoms with Crippen molar-refractivity contribution in [1.29, 1.82) is 0 Å². The number of guanidine groups is 1. The fourth-order valence-corrected chi connectivity index (χ4v) is 3.93. The molecule has 0 aliphatic carbocycles. The minimum absolute atomic E-state index is 0. The first kappa shape index (κ1) is 21.9. The lowest BCUT2D eigenvalue weighted by atomic mass is 10.3. The molecule has 3 heterocycles. The highest BCUT2D eigenvalue weighted by molar-refractivity contribution is 14.0. The van der Waals surface area contributed by atoms with Crippen molar-refractivity contribution in [2.75, 3.05) is 24.5 Å². The van der Waals surface area contributed by atoms with Crippen LogP contribution in [-0.2, 0) is 19.5 Å². The number of halogens is 1. The molecule has 5 nitrogen and oxygen atoms in total. The maximum Gasteiger partial charge on any atom is 0.191 e. The summed E-state index contributed by atoms with van der Waals surface area (Å²) in [7, 11) is 0. The van der Waals surface area contributed by atoms with Gasteiger partial charge in [0, 0.05) is 35.6 Å². The fourth-order valence-electron chi connectivity index (χ4n) is 3.03. The first-order chi connectivity index (χ1) is 12.8. The summed E-state index contributed by atoms with van der Waals surface area (Å²) in [6, 6.07) is 8.66. The summed E-state index contributed by atoms with van der Waals surface area (Å²) in [5, 5.41) is 6.74. The van der Waals surface area contributed by atoms with Gasteiger partial charge in [0.05, 0.1) is 13.1 Å². The summed E-state index contributed by atoms with van der Waals surface area (Å²) >= 11 is 1.86. The van der Waals surface area contributed by atoms with Crippen LogP contribution in [0.5, 0.6) is 0 Å². The van der Waals surface area contributed by atoms with E-state index in [0.717, 1.165) is 49.9 Å². The maximum atomic E-state index is 4.70. The molecule has 0 unspecified atom stereocenters. The number of anilines is 1. The van der Waals surface area contributed by atoms with Gasteiger partial charge in [-0.2, -0.15) is 0 Å². The largest absolute Gasteiger partial charge is 0.357 e. The van der Waals surface area contributed by atoms with Gasteiger partial charge in [-0.1, -0.05) is 13.0 Å². The Morgan fingerprint density at radius 1 is 1.11 bits per heavy atom. The van der Waals surface area contributed by atoms with Crippen LogP contribution in [0.15, 0.2) is 35.5 Å². The molecule has 7 heteroatoms. The van der Waals surface area contributed by atoms with Crippen molar-refractivity contribution >= 4 is 47.1 Å². The Morgan fingerprint density at radius 2 is 1.89 bits per heavy atom. The van der Waals surface area contributed by atoms with E-state index in [1.807, 2.05) is 17.5 Å². The van der Waals surface area contributed by atoms with Gasteiger partial charge in [0.2, 0.25) is 0 Å². The molecule has 0 amide bonds. The Balaban J connectivity index is 0.00000261. The van der Waals surface area contributed by atoms with E-state index < -0.39 is 0 Å². The predicted octanol–water partition coefficient (Wildman–Crippen LogP) is 4.18. The van der Waals surface area contributed by atoms with Crippen LogP contribution in [0.2, 0.25) is 0 Å². The first-order valence-electron chi connectivity index (χ1n) is 9.58. The van der Waals surface area contributed by atoms with E-state index in [1.54, 1.807) is 0 Å². The van der Waals surface area contributed by atoms with Crippen LogP contribution < -0.4 is 15.5 Å². The molecule has 148 valence electrons. The molecule has 2 aromatic rings. The number of aromatic nitrogens is 1. The van der Waals surface area contributed by atoms with Crippen LogP contribution in [0.4, 0.5) is 5.82 Å². The normalized spacial score (nSPS) is 14.1. The third-order valence-electron chi connectivity index (χ3n) is 4.50. The van der Waals surface area contributed by atoms with Gasteiger partial charge >= 0.3 is 0 Å². The highest BCUT2D eigenvalue weighted by Crippen LogP contribution is 2.18. The third kappa shape index (κ3) is 6.64. The highest BCUT2D eigenvalue weighted by Gasteiger charge is 2.12. The zero-order chi connectivity index (χ0) is 18.2. The van der Waals surface area contributed by atoms with Crippen molar-refractivity contribution in [2.24, 2.45) is 4.99 Å². The minimum atomic E-state index is 0.